The molecular weight excluding hydrogens is 235 g/mol. The largest absolute Gasteiger partial charge is 0.396 e. The lowest BCUT2D eigenvalue weighted by Crippen LogP contribution is -2.36. The summed E-state index contributed by atoms with van der Waals surface area (Å²) < 4.78 is 13.2. The molecular formula is C13H19FN2O2. The number of hydrogen-bond donors (Lipinski definition) is 2. The molecule has 0 aliphatic rings. The summed E-state index contributed by atoms with van der Waals surface area (Å²) in [6.45, 7) is 0.736. The quantitative estimate of drug-likeness (QED) is 0.715. The van der Waals surface area contributed by atoms with Crippen molar-refractivity contribution in [2.75, 3.05) is 20.2 Å². The lowest BCUT2D eigenvalue weighted by atomic mass is 10.0. The van der Waals surface area contributed by atoms with E-state index in [1.807, 2.05) is 0 Å². The normalized spacial score (nSPS) is 12.7. The molecule has 18 heavy (non-hydrogen) atoms. The minimum Gasteiger partial charge on any atom is -0.396 e. The number of aliphatic hydroxyl groups is 1. The SMILES string of the molecule is CN(CCCCO)C(C(N)=O)c1cccc(F)c1. The highest BCUT2D eigenvalue weighted by Crippen LogP contribution is 2.20. The van der Waals surface area contributed by atoms with E-state index in [0.29, 0.717) is 18.5 Å². The average molecular weight is 254 g/mol. The summed E-state index contributed by atoms with van der Waals surface area (Å²) in [5, 5.41) is 8.72. The fourth-order valence-electron chi connectivity index (χ4n) is 1.91. The molecule has 1 atom stereocenters. The molecule has 0 saturated heterocycles. The molecule has 0 aromatic heterocycles. The summed E-state index contributed by atoms with van der Waals surface area (Å²) in [6.07, 6.45) is 1.42. The van der Waals surface area contributed by atoms with E-state index in [1.54, 1.807) is 24.1 Å². The second kappa shape index (κ2) is 7.08. The summed E-state index contributed by atoms with van der Waals surface area (Å²) >= 11 is 0. The van der Waals surface area contributed by atoms with Gasteiger partial charge in [-0.1, -0.05) is 12.1 Å². The topological polar surface area (TPSA) is 66.6 Å². The molecule has 1 unspecified atom stereocenters. The van der Waals surface area contributed by atoms with Crippen LogP contribution < -0.4 is 5.73 Å². The van der Waals surface area contributed by atoms with Gasteiger partial charge in [0.25, 0.3) is 0 Å². The lowest BCUT2D eigenvalue weighted by Gasteiger charge is -2.25. The first-order valence-electron chi connectivity index (χ1n) is 5.92. The van der Waals surface area contributed by atoms with Gasteiger partial charge in [-0.05, 0) is 44.1 Å². The molecule has 0 saturated carbocycles. The predicted molar refractivity (Wildman–Crippen MR) is 67.3 cm³/mol. The van der Waals surface area contributed by atoms with Gasteiger partial charge in [0.15, 0.2) is 0 Å². The molecule has 100 valence electrons. The highest BCUT2D eigenvalue weighted by atomic mass is 19.1. The molecule has 3 N–H and O–H groups in total. The second-order valence-corrected chi connectivity index (χ2v) is 4.27. The summed E-state index contributed by atoms with van der Waals surface area (Å²) in [7, 11) is 1.76. The molecule has 1 rings (SSSR count). The Morgan fingerprint density at radius 2 is 2.22 bits per heavy atom. The van der Waals surface area contributed by atoms with Crippen molar-refractivity contribution in [3.63, 3.8) is 0 Å². The second-order valence-electron chi connectivity index (χ2n) is 4.27. The van der Waals surface area contributed by atoms with Gasteiger partial charge < -0.3 is 10.8 Å². The number of hydrogen-bond acceptors (Lipinski definition) is 3. The molecule has 1 aromatic carbocycles. The van der Waals surface area contributed by atoms with Crippen molar-refractivity contribution < 1.29 is 14.3 Å². The van der Waals surface area contributed by atoms with E-state index in [9.17, 15) is 9.18 Å². The Bertz CT molecular complexity index is 398. The number of aliphatic hydroxyl groups excluding tert-OH is 1. The van der Waals surface area contributed by atoms with Gasteiger partial charge in [0, 0.05) is 6.61 Å². The summed E-state index contributed by atoms with van der Waals surface area (Å²) in [5.74, 6) is -0.894. The Balaban J connectivity index is 2.79. The summed E-state index contributed by atoms with van der Waals surface area (Å²) in [6, 6.07) is 5.24. The van der Waals surface area contributed by atoms with Crippen molar-refractivity contribution >= 4 is 5.91 Å². The summed E-state index contributed by atoms with van der Waals surface area (Å²) in [4.78, 5) is 13.3. The van der Waals surface area contributed by atoms with Gasteiger partial charge in [-0.2, -0.15) is 0 Å². The number of nitrogens with two attached hydrogens (primary N) is 1. The number of nitrogens with zero attached hydrogens (tertiary/aromatic N) is 1. The van der Waals surface area contributed by atoms with Crippen LogP contribution in [0.4, 0.5) is 4.39 Å². The van der Waals surface area contributed by atoms with E-state index in [1.165, 1.54) is 12.1 Å². The fourth-order valence-corrected chi connectivity index (χ4v) is 1.91. The van der Waals surface area contributed by atoms with Crippen LogP contribution in [0.3, 0.4) is 0 Å². The fraction of sp³-hybridized carbons (Fsp3) is 0.462. The molecule has 1 amide bonds. The van der Waals surface area contributed by atoms with Crippen LogP contribution in [0.2, 0.25) is 0 Å². The van der Waals surface area contributed by atoms with Crippen LogP contribution in [-0.2, 0) is 4.79 Å². The maximum atomic E-state index is 13.2. The number of carbonyl (C=O) groups is 1. The monoisotopic (exact) mass is 254 g/mol. The highest BCUT2D eigenvalue weighted by Gasteiger charge is 2.22. The number of benzene rings is 1. The van der Waals surface area contributed by atoms with Crippen molar-refractivity contribution in [2.24, 2.45) is 5.73 Å². The lowest BCUT2D eigenvalue weighted by molar-refractivity contribution is -0.123. The molecule has 0 fully saturated rings. The Kier molecular flexibility index (Phi) is 5.74. The number of unbranched alkanes of at least 4 members (excludes halogenated alkanes) is 1. The van der Waals surface area contributed by atoms with Crippen LogP contribution >= 0.6 is 0 Å². The molecule has 5 heteroatoms. The van der Waals surface area contributed by atoms with Gasteiger partial charge in [0.1, 0.15) is 11.9 Å². The zero-order valence-electron chi connectivity index (χ0n) is 10.5. The van der Waals surface area contributed by atoms with Gasteiger partial charge in [-0.3, -0.25) is 9.69 Å². The minimum absolute atomic E-state index is 0.120. The van der Waals surface area contributed by atoms with Crippen LogP contribution in [0.15, 0.2) is 24.3 Å². The molecule has 0 bridgehead atoms. The maximum Gasteiger partial charge on any atom is 0.239 e. The molecule has 0 spiro atoms. The summed E-state index contributed by atoms with van der Waals surface area (Å²) in [5.41, 5.74) is 5.92. The third kappa shape index (κ3) is 4.09. The van der Waals surface area contributed by atoms with Crippen LogP contribution in [-0.4, -0.2) is 36.1 Å². The zero-order valence-corrected chi connectivity index (χ0v) is 10.5. The molecule has 4 nitrogen and oxygen atoms in total. The van der Waals surface area contributed by atoms with Gasteiger partial charge in [0.2, 0.25) is 5.91 Å². The molecule has 0 heterocycles. The van der Waals surface area contributed by atoms with Gasteiger partial charge in [-0.15, -0.1) is 0 Å². The van der Waals surface area contributed by atoms with Crippen molar-refractivity contribution in [1.82, 2.24) is 4.90 Å². The first-order chi connectivity index (χ1) is 8.56. The van der Waals surface area contributed by atoms with E-state index in [0.717, 1.165) is 6.42 Å². The third-order valence-electron chi connectivity index (χ3n) is 2.79. The Morgan fingerprint density at radius 3 is 2.78 bits per heavy atom. The van der Waals surface area contributed by atoms with E-state index in [4.69, 9.17) is 10.8 Å². The van der Waals surface area contributed by atoms with E-state index in [-0.39, 0.29) is 12.4 Å². The first kappa shape index (κ1) is 14.6. The molecule has 1 aromatic rings. The average Bonchev–Trinajstić information content (AvgIpc) is 2.29. The smallest absolute Gasteiger partial charge is 0.239 e. The van der Waals surface area contributed by atoms with Crippen molar-refractivity contribution in [2.45, 2.75) is 18.9 Å². The van der Waals surface area contributed by atoms with Gasteiger partial charge in [-0.25, -0.2) is 4.39 Å². The third-order valence-corrected chi connectivity index (χ3v) is 2.79. The van der Waals surface area contributed by atoms with Crippen molar-refractivity contribution in [1.29, 1.82) is 0 Å². The predicted octanol–water partition coefficient (Wildman–Crippen LogP) is 1.06. The van der Waals surface area contributed by atoms with Crippen LogP contribution in [0.5, 0.6) is 0 Å². The van der Waals surface area contributed by atoms with Crippen molar-refractivity contribution in [3.05, 3.63) is 35.6 Å². The standard InChI is InChI=1S/C13H19FN2O2/c1-16(7-2-3-8-17)12(13(15)18)10-5-4-6-11(14)9-10/h4-6,9,12,17H,2-3,7-8H2,1H3,(H2,15,18). The molecule has 0 aliphatic heterocycles. The molecule has 0 aliphatic carbocycles. The Hall–Kier alpha value is -1.46. The number of rotatable bonds is 7. The minimum atomic E-state index is -0.639. The van der Waals surface area contributed by atoms with E-state index < -0.39 is 11.9 Å². The van der Waals surface area contributed by atoms with Gasteiger partial charge >= 0.3 is 0 Å². The number of carbonyl (C=O) groups excluding carboxylic acids is 1. The number of amides is 1. The zero-order chi connectivity index (χ0) is 13.5. The van der Waals surface area contributed by atoms with E-state index >= 15 is 0 Å². The number of likely N-dealkylation sites (N-methyl/N-ethyl adjacent to an activating group) is 1. The van der Waals surface area contributed by atoms with Crippen LogP contribution in [0.25, 0.3) is 0 Å². The number of halogens is 1. The van der Waals surface area contributed by atoms with E-state index in [2.05, 4.69) is 0 Å². The van der Waals surface area contributed by atoms with Gasteiger partial charge in [0.05, 0.1) is 0 Å². The highest BCUT2D eigenvalue weighted by molar-refractivity contribution is 5.81. The Morgan fingerprint density at radius 1 is 1.50 bits per heavy atom. The van der Waals surface area contributed by atoms with Crippen LogP contribution in [0, 0.1) is 5.82 Å². The first-order valence-corrected chi connectivity index (χ1v) is 5.92. The Labute approximate surface area is 106 Å². The number of primary amides is 1. The molecule has 0 radical (unpaired) electrons. The maximum absolute atomic E-state index is 13.2. The van der Waals surface area contributed by atoms with Crippen molar-refractivity contribution in [3.8, 4) is 0 Å². The van der Waals surface area contributed by atoms with Crippen LogP contribution in [0.1, 0.15) is 24.4 Å².